The van der Waals surface area contributed by atoms with Crippen molar-refractivity contribution < 1.29 is 0 Å². The average Bonchev–Trinajstić information content (AvgIpc) is 1.99. The lowest BCUT2D eigenvalue weighted by Crippen LogP contribution is -2.09. The van der Waals surface area contributed by atoms with Crippen LogP contribution in [0.2, 0.25) is 0 Å². The number of halogens is 1. The second-order valence-electron chi connectivity index (χ2n) is 3.29. The number of aryl methyl sites for hydroxylation is 2. The van der Waals surface area contributed by atoms with E-state index >= 15 is 0 Å². The second-order valence-corrected chi connectivity index (χ2v) is 4.08. The molecular weight excluding hydrogens is 214 g/mol. The molecule has 0 aliphatic carbocycles. The first kappa shape index (κ1) is 9.59. The lowest BCUT2D eigenvalue weighted by molar-refractivity contribution is 1.12. The highest BCUT2D eigenvalue weighted by Gasteiger charge is 2.02. The van der Waals surface area contributed by atoms with Crippen LogP contribution >= 0.6 is 15.9 Å². The van der Waals surface area contributed by atoms with Crippen LogP contribution in [0.3, 0.4) is 0 Å². The summed E-state index contributed by atoms with van der Waals surface area (Å²) in [4.78, 5) is 2.12. The molecule has 0 unspecified atom stereocenters. The molecule has 0 amide bonds. The fraction of sp³-hybridized carbons (Fsp3) is 0.400. The largest absolute Gasteiger partial charge is 0.378 e. The Labute approximate surface area is 82.5 Å². The standard InChI is InChI=1S/C10H14BrN/c1-7-5-9(12(3)4)6-8(2)10(7)11/h5-6H,1-4H3. The fourth-order valence-corrected chi connectivity index (χ4v) is 1.41. The van der Waals surface area contributed by atoms with Gasteiger partial charge in [0.15, 0.2) is 0 Å². The highest BCUT2D eigenvalue weighted by molar-refractivity contribution is 9.10. The zero-order valence-electron chi connectivity index (χ0n) is 7.98. The molecule has 1 rings (SSSR count). The fourth-order valence-electron chi connectivity index (χ4n) is 1.18. The lowest BCUT2D eigenvalue weighted by atomic mass is 10.1. The minimum absolute atomic E-state index is 1.22. The molecule has 1 aromatic rings. The minimum atomic E-state index is 1.22. The molecule has 0 aliphatic rings. The third-order valence-electron chi connectivity index (χ3n) is 1.94. The van der Waals surface area contributed by atoms with Crippen molar-refractivity contribution in [3.8, 4) is 0 Å². The van der Waals surface area contributed by atoms with Crippen molar-refractivity contribution in [2.75, 3.05) is 19.0 Å². The van der Waals surface area contributed by atoms with Crippen molar-refractivity contribution >= 4 is 21.6 Å². The van der Waals surface area contributed by atoms with Gasteiger partial charge in [-0.05, 0) is 37.1 Å². The van der Waals surface area contributed by atoms with Crippen LogP contribution in [0, 0.1) is 13.8 Å². The Hall–Kier alpha value is -0.500. The summed E-state index contributed by atoms with van der Waals surface area (Å²) in [7, 11) is 4.12. The van der Waals surface area contributed by atoms with E-state index in [9.17, 15) is 0 Å². The molecule has 12 heavy (non-hydrogen) atoms. The number of anilines is 1. The van der Waals surface area contributed by atoms with Crippen LogP contribution in [-0.2, 0) is 0 Å². The van der Waals surface area contributed by atoms with E-state index in [4.69, 9.17) is 0 Å². The van der Waals surface area contributed by atoms with Gasteiger partial charge in [0.2, 0.25) is 0 Å². The summed E-state index contributed by atoms with van der Waals surface area (Å²) in [5, 5.41) is 0. The van der Waals surface area contributed by atoms with Gasteiger partial charge in [0.25, 0.3) is 0 Å². The zero-order valence-corrected chi connectivity index (χ0v) is 9.57. The van der Waals surface area contributed by atoms with E-state index in [0.717, 1.165) is 0 Å². The quantitative estimate of drug-likeness (QED) is 0.713. The Morgan fingerprint density at radius 2 is 1.50 bits per heavy atom. The van der Waals surface area contributed by atoms with Crippen LogP contribution in [-0.4, -0.2) is 14.1 Å². The molecule has 0 N–H and O–H groups in total. The molecule has 0 aliphatic heterocycles. The predicted octanol–water partition coefficient (Wildman–Crippen LogP) is 3.13. The molecule has 0 fully saturated rings. The Balaban J connectivity index is 3.21. The molecule has 0 heterocycles. The van der Waals surface area contributed by atoms with Gasteiger partial charge >= 0.3 is 0 Å². The summed E-state index contributed by atoms with van der Waals surface area (Å²) in [5.74, 6) is 0. The van der Waals surface area contributed by atoms with Crippen molar-refractivity contribution in [2.24, 2.45) is 0 Å². The molecule has 0 atom stereocenters. The predicted molar refractivity (Wildman–Crippen MR) is 57.9 cm³/mol. The number of rotatable bonds is 1. The maximum atomic E-state index is 3.54. The first-order chi connectivity index (χ1) is 5.52. The van der Waals surface area contributed by atoms with Crippen molar-refractivity contribution in [3.05, 3.63) is 27.7 Å². The number of hydrogen-bond donors (Lipinski definition) is 0. The van der Waals surface area contributed by atoms with Gasteiger partial charge < -0.3 is 4.90 Å². The average molecular weight is 228 g/mol. The summed E-state index contributed by atoms with van der Waals surface area (Å²) >= 11 is 3.54. The van der Waals surface area contributed by atoms with E-state index in [1.807, 2.05) is 0 Å². The van der Waals surface area contributed by atoms with Gasteiger partial charge in [-0.25, -0.2) is 0 Å². The lowest BCUT2D eigenvalue weighted by Gasteiger charge is -2.15. The van der Waals surface area contributed by atoms with E-state index in [-0.39, 0.29) is 0 Å². The smallest absolute Gasteiger partial charge is 0.0367 e. The number of nitrogens with zero attached hydrogens (tertiary/aromatic N) is 1. The van der Waals surface area contributed by atoms with Crippen molar-refractivity contribution in [2.45, 2.75) is 13.8 Å². The minimum Gasteiger partial charge on any atom is -0.378 e. The molecule has 1 nitrogen and oxygen atoms in total. The monoisotopic (exact) mass is 227 g/mol. The van der Waals surface area contributed by atoms with Gasteiger partial charge in [-0.1, -0.05) is 15.9 Å². The molecule has 1 aromatic carbocycles. The molecule has 0 aromatic heterocycles. The maximum Gasteiger partial charge on any atom is 0.0367 e. The molecular formula is C10H14BrN. The SMILES string of the molecule is Cc1cc(N(C)C)cc(C)c1Br. The van der Waals surface area contributed by atoms with Crippen LogP contribution in [0.25, 0.3) is 0 Å². The first-order valence-corrected chi connectivity index (χ1v) is 4.75. The van der Waals surface area contributed by atoms with Gasteiger partial charge in [-0.3, -0.25) is 0 Å². The maximum absolute atomic E-state index is 3.54. The summed E-state index contributed by atoms with van der Waals surface area (Å²) in [6.45, 7) is 4.23. The molecule has 2 heteroatoms. The Morgan fingerprint density at radius 1 is 1.08 bits per heavy atom. The molecule has 66 valence electrons. The Morgan fingerprint density at radius 3 is 1.83 bits per heavy atom. The van der Waals surface area contributed by atoms with Gasteiger partial charge in [-0.15, -0.1) is 0 Å². The molecule has 0 saturated heterocycles. The third-order valence-corrected chi connectivity index (χ3v) is 3.19. The van der Waals surface area contributed by atoms with Crippen molar-refractivity contribution in [1.82, 2.24) is 0 Å². The van der Waals surface area contributed by atoms with Crippen LogP contribution < -0.4 is 4.90 Å². The van der Waals surface area contributed by atoms with Crippen molar-refractivity contribution in [1.29, 1.82) is 0 Å². The van der Waals surface area contributed by atoms with Crippen LogP contribution in [0.1, 0.15) is 11.1 Å². The zero-order chi connectivity index (χ0) is 9.30. The third kappa shape index (κ3) is 1.81. The molecule has 0 spiro atoms. The van der Waals surface area contributed by atoms with E-state index in [2.05, 4.69) is 60.9 Å². The highest BCUT2D eigenvalue weighted by atomic mass is 79.9. The number of benzene rings is 1. The first-order valence-electron chi connectivity index (χ1n) is 3.96. The van der Waals surface area contributed by atoms with Crippen LogP contribution in [0.5, 0.6) is 0 Å². The molecule has 0 radical (unpaired) electrons. The Kier molecular flexibility index (Phi) is 2.78. The highest BCUT2D eigenvalue weighted by Crippen LogP contribution is 2.25. The Bertz CT molecular complexity index is 269. The van der Waals surface area contributed by atoms with E-state index < -0.39 is 0 Å². The molecule has 0 bridgehead atoms. The second kappa shape index (κ2) is 3.48. The summed E-state index contributed by atoms with van der Waals surface area (Å²) in [5.41, 5.74) is 3.84. The summed E-state index contributed by atoms with van der Waals surface area (Å²) in [6.07, 6.45) is 0. The van der Waals surface area contributed by atoms with Gasteiger partial charge in [-0.2, -0.15) is 0 Å². The summed E-state index contributed by atoms with van der Waals surface area (Å²) < 4.78 is 1.22. The van der Waals surface area contributed by atoms with Crippen LogP contribution in [0.15, 0.2) is 16.6 Å². The summed E-state index contributed by atoms with van der Waals surface area (Å²) in [6, 6.07) is 4.36. The normalized spacial score (nSPS) is 10.1. The number of hydrogen-bond acceptors (Lipinski definition) is 1. The van der Waals surface area contributed by atoms with Gasteiger partial charge in [0.05, 0.1) is 0 Å². The van der Waals surface area contributed by atoms with Crippen molar-refractivity contribution in [3.63, 3.8) is 0 Å². The van der Waals surface area contributed by atoms with Crippen LogP contribution in [0.4, 0.5) is 5.69 Å². The molecule has 0 saturated carbocycles. The van der Waals surface area contributed by atoms with E-state index in [1.165, 1.54) is 21.3 Å². The topological polar surface area (TPSA) is 3.24 Å². The van der Waals surface area contributed by atoms with E-state index in [0.29, 0.717) is 0 Å². The van der Waals surface area contributed by atoms with E-state index in [1.54, 1.807) is 0 Å². The van der Waals surface area contributed by atoms with Gasteiger partial charge in [0.1, 0.15) is 0 Å². The van der Waals surface area contributed by atoms with Gasteiger partial charge in [0, 0.05) is 24.3 Å².